The van der Waals surface area contributed by atoms with E-state index in [-0.39, 0.29) is 5.75 Å². The fourth-order valence-corrected chi connectivity index (χ4v) is 3.28. The number of halogens is 1. The lowest BCUT2D eigenvalue weighted by Gasteiger charge is -2.11. The van der Waals surface area contributed by atoms with Gasteiger partial charge in [0.05, 0.1) is 23.7 Å². The second-order valence-electron chi connectivity index (χ2n) is 6.31. The maximum absolute atomic E-state index is 13.9. The number of hydrogen-bond acceptors (Lipinski definition) is 5. The average Bonchev–Trinajstić information content (AvgIpc) is 3.00. The summed E-state index contributed by atoms with van der Waals surface area (Å²) in [6, 6.07) is 11.1. The van der Waals surface area contributed by atoms with Crippen LogP contribution in [0, 0.1) is 12.7 Å². The standard InChI is InChI=1S/C20H20FN5O/c1-13-25-16-6-3-4-7-18(16)26(13)9-5-8-22-20-14-10-19(27-2)15(21)11-17(14)23-12-24-20/h3-4,6-7,10-12H,5,8-9H2,1-2H3,(H,22,23,24). The number of nitrogens with zero attached hydrogens (tertiary/aromatic N) is 4. The molecule has 1 N–H and O–H groups in total. The summed E-state index contributed by atoms with van der Waals surface area (Å²) in [5.41, 5.74) is 2.70. The first-order valence-electron chi connectivity index (χ1n) is 8.81. The van der Waals surface area contributed by atoms with Crippen molar-refractivity contribution in [1.29, 1.82) is 0 Å². The Morgan fingerprint density at radius 1 is 1.15 bits per heavy atom. The van der Waals surface area contributed by atoms with Gasteiger partial charge in [0, 0.05) is 24.5 Å². The number of anilines is 1. The number of ether oxygens (including phenoxy) is 1. The molecule has 0 saturated heterocycles. The van der Waals surface area contributed by atoms with Crippen molar-refractivity contribution >= 4 is 27.8 Å². The molecule has 2 heterocycles. The van der Waals surface area contributed by atoms with E-state index in [0.717, 1.165) is 41.8 Å². The fraction of sp³-hybridized carbons (Fsp3) is 0.250. The summed E-state index contributed by atoms with van der Waals surface area (Å²) in [5.74, 6) is 1.42. The van der Waals surface area contributed by atoms with Gasteiger partial charge in [-0.2, -0.15) is 0 Å². The van der Waals surface area contributed by atoms with Crippen molar-refractivity contribution < 1.29 is 9.13 Å². The van der Waals surface area contributed by atoms with E-state index in [1.807, 2.05) is 25.1 Å². The van der Waals surface area contributed by atoms with Gasteiger partial charge in [0.15, 0.2) is 11.6 Å². The van der Waals surface area contributed by atoms with Crippen LogP contribution in [0.1, 0.15) is 12.2 Å². The third kappa shape index (κ3) is 3.28. The van der Waals surface area contributed by atoms with Gasteiger partial charge in [-0.15, -0.1) is 0 Å². The molecule has 0 saturated carbocycles. The number of para-hydroxylation sites is 2. The van der Waals surface area contributed by atoms with Gasteiger partial charge in [0.2, 0.25) is 0 Å². The maximum atomic E-state index is 13.9. The van der Waals surface area contributed by atoms with Gasteiger partial charge in [-0.1, -0.05) is 12.1 Å². The smallest absolute Gasteiger partial charge is 0.167 e. The fourth-order valence-electron chi connectivity index (χ4n) is 3.28. The Morgan fingerprint density at radius 3 is 2.85 bits per heavy atom. The summed E-state index contributed by atoms with van der Waals surface area (Å²) in [6.45, 7) is 3.59. The predicted octanol–water partition coefficient (Wildman–Crippen LogP) is 3.94. The molecule has 138 valence electrons. The van der Waals surface area contributed by atoms with Crippen molar-refractivity contribution in [2.45, 2.75) is 19.9 Å². The molecule has 0 aliphatic carbocycles. The van der Waals surface area contributed by atoms with Crippen LogP contribution in [0.15, 0.2) is 42.7 Å². The Bertz CT molecular complexity index is 1110. The first-order valence-corrected chi connectivity index (χ1v) is 8.81. The summed E-state index contributed by atoms with van der Waals surface area (Å²) in [6.07, 6.45) is 2.33. The van der Waals surface area contributed by atoms with E-state index in [1.54, 1.807) is 6.07 Å². The number of aromatic nitrogens is 4. The van der Waals surface area contributed by atoms with E-state index in [2.05, 4.69) is 30.9 Å². The van der Waals surface area contributed by atoms with Gasteiger partial charge >= 0.3 is 0 Å². The molecule has 0 aliphatic heterocycles. The van der Waals surface area contributed by atoms with E-state index in [9.17, 15) is 4.39 Å². The van der Waals surface area contributed by atoms with Crippen molar-refractivity contribution in [2.75, 3.05) is 19.0 Å². The van der Waals surface area contributed by atoms with Crippen LogP contribution in [0.25, 0.3) is 21.9 Å². The summed E-state index contributed by atoms with van der Waals surface area (Å²) in [4.78, 5) is 13.0. The van der Waals surface area contributed by atoms with Crippen LogP contribution in [0.4, 0.5) is 10.2 Å². The molecule has 2 aromatic heterocycles. The van der Waals surface area contributed by atoms with Crippen LogP contribution in [0.5, 0.6) is 5.75 Å². The molecule has 7 heteroatoms. The quantitative estimate of drug-likeness (QED) is 0.524. The molecule has 0 bridgehead atoms. The summed E-state index contributed by atoms with van der Waals surface area (Å²) >= 11 is 0. The lowest BCUT2D eigenvalue weighted by Crippen LogP contribution is -2.09. The van der Waals surface area contributed by atoms with E-state index in [4.69, 9.17) is 4.74 Å². The van der Waals surface area contributed by atoms with Crippen LogP contribution < -0.4 is 10.1 Å². The first-order chi connectivity index (χ1) is 13.2. The number of fused-ring (bicyclic) bond motifs is 2. The normalized spacial score (nSPS) is 11.2. The van der Waals surface area contributed by atoms with Crippen LogP contribution >= 0.6 is 0 Å². The predicted molar refractivity (Wildman–Crippen MR) is 104 cm³/mol. The SMILES string of the molecule is COc1cc2c(NCCCn3c(C)nc4ccccc43)ncnc2cc1F. The monoisotopic (exact) mass is 365 g/mol. The van der Waals surface area contributed by atoms with Gasteiger partial charge in [0.1, 0.15) is 18.0 Å². The summed E-state index contributed by atoms with van der Waals surface area (Å²) < 4.78 is 21.2. The number of benzene rings is 2. The number of aryl methyl sites for hydroxylation is 2. The molecule has 0 fully saturated rings. The van der Waals surface area contributed by atoms with Crippen LogP contribution in [0.2, 0.25) is 0 Å². The van der Waals surface area contributed by atoms with Gasteiger partial charge in [-0.05, 0) is 31.5 Å². The zero-order valence-corrected chi connectivity index (χ0v) is 15.2. The highest BCUT2D eigenvalue weighted by molar-refractivity contribution is 5.90. The Morgan fingerprint density at radius 2 is 2.00 bits per heavy atom. The van der Waals surface area contributed by atoms with Gasteiger partial charge in [-0.25, -0.2) is 19.3 Å². The Balaban J connectivity index is 1.48. The molecule has 6 nitrogen and oxygen atoms in total. The van der Waals surface area contributed by atoms with Crippen LogP contribution in [-0.2, 0) is 6.54 Å². The average molecular weight is 365 g/mol. The number of rotatable bonds is 6. The topological polar surface area (TPSA) is 64.9 Å². The second-order valence-corrected chi connectivity index (χ2v) is 6.31. The molecule has 27 heavy (non-hydrogen) atoms. The zero-order chi connectivity index (χ0) is 18.8. The maximum Gasteiger partial charge on any atom is 0.167 e. The highest BCUT2D eigenvalue weighted by Gasteiger charge is 2.10. The van der Waals surface area contributed by atoms with Gasteiger partial charge in [0.25, 0.3) is 0 Å². The highest BCUT2D eigenvalue weighted by Crippen LogP contribution is 2.27. The lowest BCUT2D eigenvalue weighted by molar-refractivity contribution is 0.387. The van der Waals surface area contributed by atoms with E-state index >= 15 is 0 Å². The molecular weight excluding hydrogens is 345 g/mol. The minimum atomic E-state index is -0.433. The molecular formula is C20H20FN5O. The molecule has 0 unspecified atom stereocenters. The van der Waals surface area contributed by atoms with E-state index < -0.39 is 5.82 Å². The van der Waals surface area contributed by atoms with Crippen LogP contribution in [-0.4, -0.2) is 33.2 Å². The minimum absolute atomic E-state index is 0.181. The lowest BCUT2D eigenvalue weighted by atomic mass is 10.2. The zero-order valence-electron chi connectivity index (χ0n) is 15.2. The van der Waals surface area contributed by atoms with Crippen molar-refractivity contribution in [3.63, 3.8) is 0 Å². The summed E-state index contributed by atoms with van der Waals surface area (Å²) in [7, 11) is 1.44. The van der Waals surface area contributed by atoms with Crippen LogP contribution in [0.3, 0.4) is 0 Å². The molecule has 0 aliphatic rings. The molecule has 4 aromatic rings. The van der Waals surface area contributed by atoms with E-state index in [1.165, 1.54) is 19.5 Å². The van der Waals surface area contributed by atoms with Crippen molar-refractivity contribution in [1.82, 2.24) is 19.5 Å². The minimum Gasteiger partial charge on any atom is -0.494 e. The first kappa shape index (κ1) is 17.2. The number of imidazole rings is 1. The highest BCUT2D eigenvalue weighted by atomic mass is 19.1. The molecule has 0 amide bonds. The second kappa shape index (κ2) is 7.19. The third-order valence-electron chi connectivity index (χ3n) is 4.61. The summed E-state index contributed by atoms with van der Waals surface area (Å²) in [5, 5.41) is 4.06. The van der Waals surface area contributed by atoms with Crippen molar-refractivity contribution in [2.24, 2.45) is 0 Å². The molecule has 0 atom stereocenters. The van der Waals surface area contributed by atoms with E-state index in [0.29, 0.717) is 11.3 Å². The van der Waals surface area contributed by atoms with Crippen molar-refractivity contribution in [3.05, 3.63) is 54.4 Å². The largest absolute Gasteiger partial charge is 0.494 e. The van der Waals surface area contributed by atoms with Gasteiger partial charge in [-0.3, -0.25) is 0 Å². The number of nitrogens with one attached hydrogen (secondary N) is 1. The molecule has 0 spiro atoms. The third-order valence-corrected chi connectivity index (χ3v) is 4.61. The number of hydrogen-bond donors (Lipinski definition) is 1. The Kier molecular flexibility index (Phi) is 4.58. The Hall–Kier alpha value is -3.22. The molecule has 4 rings (SSSR count). The Labute approximate surface area is 156 Å². The molecule has 0 radical (unpaired) electrons. The number of methoxy groups -OCH3 is 1. The van der Waals surface area contributed by atoms with Gasteiger partial charge < -0.3 is 14.6 Å². The van der Waals surface area contributed by atoms with Crippen molar-refractivity contribution in [3.8, 4) is 5.75 Å². The molecule has 2 aromatic carbocycles.